The Morgan fingerprint density at radius 2 is 2.33 bits per heavy atom. The van der Waals surface area contributed by atoms with Gasteiger partial charge in [0.25, 0.3) is 0 Å². The number of H-pyrrole nitrogens is 1. The van der Waals surface area contributed by atoms with E-state index in [-0.39, 0.29) is 0 Å². The molecule has 0 fully saturated rings. The zero-order valence-corrected chi connectivity index (χ0v) is 10.4. The van der Waals surface area contributed by atoms with Crippen molar-refractivity contribution in [3.63, 3.8) is 0 Å². The fourth-order valence-electron chi connectivity index (χ4n) is 1.75. The number of amides is 1. The van der Waals surface area contributed by atoms with Gasteiger partial charge in [0, 0.05) is 29.3 Å². The average molecular weight is 244 g/mol. The number of carbonyl (C=O) groups excluding carboxylic acids is 1. The van der Waals surface area contributed by atoms with Gasteiger partial charge in [-0.1, -0.05) is 0 Å². The number of anilines is 1. The maximum atomic E-state index is 10.7. The van der Waals surface area contributed by atoms with Crippen molar-refractivity contribution in [2.45, 2.75) is 19.9 Å². The van der Waals surface area contributed by atoms with E-state index in [0.717, 1.165) is 22.3 Å². The normalized spacial score (nSPS) is 11.5. The predicted molar refractivity (Wildman–Crippen MR) is 73.1 cm³/mol. The van der Waals surface area contributed by atoms with Crippen LogP contribution in [0.25, 0.3) is 17.1 Å². The molecular weight excluding hydrogens is 228 g/mol. The van der Waals surface area contributed by atoms with E-state index >= 15 is 0 Å². The van der Waals surface area contributed by atoms with Gasteiger partial charge in [-0.05, 0) is 26.0 Å². The van der Waals surface area contributed by atoms with Crippen molar-refractivity contribution in [2.75, 3.05) is 5.32 Å². The smallest absolute Gasteiger partial charge is 0.241 e. The van der Waals surface area contributed by atoms with Crippen molar-refractivity contribution in [3.05, 3.63) is 30.1 Å². The highest BCUT2D eigenvalue weighted by Crippen LogP contribution is 2.21. The third kappa shape index (κ3) is 2.68. The number of hydrogen-bond acceptors (Lipinski definition) is 3. The largest absolute Gasteiger partial charge is 0.382 e. The number of rotatable bonds is 4. The molecule has 0 saturated carbocycles. The SMILES string of the molecule is CC(C)Nc1cnc2[nH]cc(C=CC(N)=O)c2c1. The van der Waals surface area contributed by atoms with Gasteiger partial charge in [0.15, 0.2) is 0 Å². The highest BCUT2D eigenvalue weighted by Gasteiger charge is 2.04. The molecule has 0 aliphatic rings. The molecule has 0 aromatic carbocycles. The molecule has 0 aliphatic carbocycles. The second-order valence-corrected chi connectivity index (χ2v) is 4.40. The summed E-state index contributed by atoms with van der Waals surface area (Å²) in [5, 5.41) is 4.24. The number of hydrogen-bond donors (Lipinski definition) is 3. The summed E-state index contributed by atoms with van der Waals surface area (Å²) in [6.45, 7) is 4.13. The van der Waals surface area contributed by atoms with E-state index in [1.54, 1.807) is 18.5 Å². The first-order valence-corrected chi connectivity index (χ1v) is 5.77. The average Bonchev–Trinajstić information content (AvgIpc) is 2.68. The molecule has 0 unspecified atom stereocenters. The number of fused-ring (bicyclic) bond motifs is 1. The van der Waals surface area contributed by atoms with Crippen LogP contribution in [-0.4, -0.2) is 21.9 Å². The van der Waals surface area contributed by atoms with E-state index < -0.39 is 5.91 Å². The van der Waals surface area contributed by atoms with Gasteiger partial charge in [-0.3, -0.25) is 4.79 Å². The number of nitrogens with one attached hydrogen (secondary N) is 2. The molecule has 18 heavy (non-hydrogen) atoms. The second kappa shape index (κ2) is 4.91. The second-order valence-electron chi connectivity index (χ2n) is 4.40. The van der Waals surface area contributed by atoms with Crippen LogP contribution in [0.3, 0.4) is 0 Å². The van der Waals surface area contributed by atoms with Crippen LogP contribution >= 0.6 is 0 Å². The Balaban J connectivity index is 2.40. The maximum Gasteiger partial charge on any atom is 0.241 e. The Hall–Kier alpha value is -2.30. The van der Waals surface area contributed by atoms with E-state index in [0.29, 0.717) is 6.04 Å². The summed E-state index contributed by atoms with van der Waals surface area (Å²) in [6.07, 6.45) is 6.60. The lowest BCUT2D eigenvalue weighted by Gasteiger charge is -2.09. The molecule has 0 radical (unpaired) electrons. The molecule has 0 spiro atoms. The Labute approximate surface area is 105 Å². The van der Waals surface area contributed by atoms with Gasteiger partial charge in [-0.25, -0.2) is 4.98 Å². The topological polar surface area (TPSA) is 83.8 Å². The lowest BCUT2D eigenvalue weighted by atomic mass is 10.2. The first kappa shape index (κ1) is 12.2. The summed E-state index contributed by atoms with van der Waals surface area (Å²) in [5.74, 6) is -0.464. The monoisotopic (exact) mass is 244 g/mol. The molecule has 2 rings (SSSR count). The summed E-state index contributed by atoms with van der Waals surface area (Å²) in [4.78, 5) is 18.1. The Morgan fingerprint density at radius 1 is 1.56 bits per heavy atom. The molecule has 0 bridgehead atoms. The first-order valence-electron chi connectivity index (χ1n) is 5.77. The van der Waals surface area contributed by atoms with E-state index in [1.165, 1.54) is 6.08 Å². The Kier molecular flexibility index (Phi) is 3.32. The molecule has 2 aromatic rings. The molecular formula is C13H16N4O. The number of nitrogens with two attached hydrogens (primary N) is 1. The third-order valence-corrected chi connectivity index (χ3v) is 2.45. The molecule has 4 N–H and O–H groups in total. The van der Waals surface area contributed by atoms with Crippen LogP contribution in [0.15, 0.2) is 24.5 Å². The quantitative estimate of drug-likeness (QED) is 0.718. The van der Waals surface area contributed by atoms with Gasteiger partial charge in [-0.2, -0.15) is 0 Å². The first-order chi connectivity index (χ1) is 8.56. The molecule has 0 saturated heterocycles. The van der Waals surface area contributed by atoms with E-state index in [1.807, 2.05) is 6.07 Å². The summed E-state index contributed by atoms with van der Waals surface area (Å²) in [5.41, 5.74) is 7.71. The van der Waals surface area contributed by atoms with Crippen LogP contribution in [0.2, 0.25) is 0 Å². The van der Waals surface area contributed by atoms with Crippen molar-refractivity contribution in [1.29, 1.82) is 0 Å². The van der Waals surface area contributed by atoms with Crippen molar-refractivity contribution in [3.8, 4) is 0 Å². The van der Waals surface area contributed by atoms with Crippen molar-refractivity contribution in [2.24, 2.45) is 5.73 Å². The van der Waals surface area contributed by atoms with Crippen LogP contribution in [0.1, 0.15) is 19.4 Å². The summed E-state index contributed by atoms with van der Waals surface area (Å²) >= 11 is 0. The Bertz CT molecular complexity index is 598. The fourth-order valence-corrected chi connectivity index (χ4v) is 1.75. The van der Waals surface area contributed by atoms with Gasteiger partial charge >= 0.3 is 0 Å². The zero-order valence-electron chi connectivity index (χ0n) is 10.4. The van der Waals surface area contributed by atoms with Crippen LogP contribution < -0.4 is 11.1 Å². The highest BCUT2D eigenvalue weighted by molar-refractivity contribution is 5.95. The number of carbonyl (C=O) groups is 1. The summed E-state index contributed by atoms with van der Waals surface area (Å²) in [6, 6.07) is 2.34. The predicted octanol–water partition coefficient (Wildman–Crippen LogP) is 1.88. The minimum Gasteiger partial charge on any atom is -0.382 e. The van der Waals surface area contributed by atoms with Gasteiger partial charge in [0.1, 0.15) is 5.65 Å². The number of aromatic amines is 1. The molecule has 5 nitrogen and oxygen atoms in total. The van der Waals surface area contributed by atoms with Gasteiger partial charge in [0.05, 0.1) is 11.9 Å². The lowest BCUT2D eigenvalue weighted by Crippen LogP contribution is -2.09. The highest BCUT2D eigenvalue weighted by atomic mass is 16.1. The molecule has 0 atom stereocenters. The van der Waals surface area contributed by atoms with Gasteiger partial charge in [0.2, 0.25) is 5.91 Å². The van der Waals surface area contributed by atoms with Crippen LogP contribution in [0, 0.1) is 0 Å². The summed E-state index contributed by atoms with van der Waals surface area (Å²) < 4.78 is 0. The van der Waals surface area contributed by atoms with Crippen molar-refractivity contribution in [1.82, 2.24) is 9.97 Å². The minimum atomic E-state index is -0.464. The number of pyridine rings is 1. The fraction of sp³-hybridized carbons (Fsp3) is 0.231. The molecule has 5 heteroatoms. The number of primary amides is 1. The van der Waals surface area contributed by atoms with Crippen molar-refractivity contribution < 1.29 is 4.79 Å². The van der Waals surface area contributed by atoms with Crippen molar-refractivity contribution >= 4 is 28.7 Å². The molecule has 0 aliphatic heterocycles. The van der Waals surface area contributed by atoms with Gasteiger partial charge in [-0.15, -0.1) is 0 Å². The summed E-state index contributed by atoms with van der Waals surface area (Å²) in [7, 11) is 0. The van der Waals surface area contributed by atoms with Gasteiger partial charge < -0.3 is 16.0 Å². The standard InChI is InChI=1S/C13H16N4O/c1-8(2)17-10-5-11-9(3-4-12(14)18)6-15-13(11)16-7-10/h3-8,17H,1-2H3,(H2,14,18)(H,15,16). The molecule has 1 amide bonds. The minimum absolute atomic E-state index is 0.341. The van der Waals surface area contributed by atoms with Crippen LogP contribution in [0.4, 0.5) is 5.69 Å². The number of nitrogens with zero attached hydrogens (tertiary/aromatic N) is 1. The molecule has 94 valence electrons. The van der Waals surface area contributed by atoms with Crippen LogP contribution in [-0.2, 0) is 4.79 Å². The number of aromatic nitrogens is 2. The lowest BCUT2D eigenvalue weighted by molar-refractivity contribution is -0.113. The van der Waals surface area contributed by atoms with Crippen LogP contribution in [0.5, 0.6) is 0 Å². The van der Waals surface area contributed by atoms with E-state index in [2.05, 4.69) is 29.1 Å². The van der Waals surface area contributed by atoms with E-state index in [4.69, 9.17) is 5.73 Å². The third-order valence-electron chi connectivity index (χ3n) is 2.45. The molecule has 2 heterocycles. The zero-order chi connectivity index (χ0) is 13.1. The van der Waals surface area contributed by atoms with E-state index in [9.17, 15) is 4.79 Å². The Morgan fingerprint density at radius 3 is 3.00 bits per heavy atom. The maximum absolute atomic E-state index is 10.7. The molecule has 2 aromatic heterocycles.